The molecule has 2 aromatic rings. The number of piperazine rings is 1. The van der Waals surface area contributed by atoms with E-state index in [2.05, 4.69) is 20.4 Å². The predicted molar refractivity (Wildman–Crippen MR) is 104 cm³/mol. The maximum Gasteiger partial charge on any atom is 0.257 e. The number of rotatable bonds is 5. The molecule has 0 spiro atoms. The normalized spacial score (nSPS) is 13.8. The Morgan fingerprint density at radius 1 is 0.964 bits per heavy atom. The number of nitrogens with zero attached hydrogens (tertiary/aromatic N) is 4. The Bertz CT molecular complexity index is 848. The monoisotopic (exact) mass is 385 g/mol. The number of aromatic nitrogens is 2. The van der Waals surface area contributed by atoms with Gasteiger partial charge >= 0.3 is 0 Å². The molecule has 1 aliphatic rings. The van der Waals surface area contributed by atoms with E-state index < -0.39 is 0 Å². The van der Waals surface area contributed by atoms with Crippen molar-refractivity contribution < 1.29 is 19.1 Å². The van der Waals surface area contributed by atoms with E-state index in [1.807, 2.05) is 4.90 Å². The van der Waals surface area contributed by atoms with E-state index in [0.29, 0.717) is 54.9 Å². The maximum atomic E-state index is 12.4. The molecule has 3 rings (SSSR count). The molecule has 0 saturated carbocycles. The molecular weight excluding hydrogens is 362 g/mol. The summed E-state index contributed by atoms with van der Waals surface area (Å²) in [7, 11) is 3.05. The molecule has 1 aromatic heterocycles. The average molecular weight is 385 g/mol. The lowest BCUT2D eigenvalue weighted by molar-refractivity contribution is -0.129. The number of nitrogens with one attached hydrogen (secondary N) is 1. The minimum Gasteiger partial charge on any atom is -0.493 e. The van der Waals surface area contributed by atoms with E-state index in [9.17, 15) is 9.59 Å². The predicted octanol–water partition coefficient (Wildman–Crippen LogP) is 1.41. The molecular formula is C19H23N5O4. The quantitative estimate of drug-likeness (QED) is 0.831. The number of hydrogen-bond donors (Lipinski definition) is 1. The highest BCUT2D eigenvalue weighted by molar-refractivity contribution is 6.04. The van der Waals surface area contributed by atoms with Crippen LogP contribution in [-0.2, 0) is 4.79 Å². The summed E-state index contributed by atoms with van der Waals surface area (Å²) in [5, 5.41) is 11.0. The molecule has 1 aromatic carbocycles. The van der Waals surface area contributed by atoms with Gasteiger partial charge in [0.2, 0.25) is 5.91 Å². The summed E-state index contributed by atoms with van der Waals surface area (Å²) in [5.74, 6) is 1.85. The van der Waals surface area contributed by atoms with Crippen molar-refractivity contribution in [3.05, 3.63) is 35.9 Å². The van der Waals surface area contributed by atoms with Crippen LogP contribution in [0.2, 0.25) is 0 Å². The van der Waals surface area contributed by atoms with Gasteiger partial charge in [-0.05, 0) is 30.3 Å². The zero-order valence-corrected chi connectivity index (χ0v) is 16.1. The molecule has 1 saturated heterocycles. The minimum absolute atomic E-state index is 0.0824. The van der Waals surface area contributed by atoms with Gasteiger partial charge in [0.15, 0.2) is 23.1 Å². The fourth-order valence-corrected chi connectivity index (χ4v) is 2.98. The van der Waals surface area contributed by atoms with Gasteiger partial charge in [0.05, 0.1) is 14.2 Å². The molecule has 2 heterocycles. The van der Waals surface area contributed by atoms with E-state index in [1.54, 1.807) is 37.3 Å². The highest BCUT2D eigenvalue weighted by atomic mass is 16.5. The fourth-order valence-electron chi connectivity index (χ4n) is 2.98. The van der Waals surface area contributed by atoms with E-state index in [-0.39, 0.29) is 11.8 Å². The van der Waals surface area contributed by atoms with Crippen LogP contribution in [0.1, 0.15) is 17.3 Å². The van der Waals surface area contributed by atoms with Gasteiger partial charge in [-0.3, -0.25) is 9.59 Å². The third-order valence-electron chi connectivity index (χ3n) is 4.59. The van der Waals surface area contributed by atoms with Crippen LogP contribution < -0.4 is 19.7 Å². The summed E-state index contributed by atoms with van der Waals surface area (Å²) in [4.78, 5) is 27.7. The van der Waals surface area contributed by atoms with Crippen molar-refractivity contribution in [2.75, 3.05) is 50.6 Å². The molecule has 148 valence electrons. The number of hydrogen-bond acceptors (Lipinski definition) is 7. The lowest BCUT2D eigenvalue weighted by Crippen LogP contribution is -2.48. The van der Waals surface area contributed by atoms with Gasteiger partial charge in [-0.15, -0.1) is 10.2 Å². The Morgan fingerprint density at radius 2 is 1.68 bits per heavy atom. The van der Waals surface area contributed by atoms with Crippen LogP contribution in [0.3, 0.4) is 0 Å². The Balaban J connectivity index is 1.63. The first-order valence-corrected chi connectivity index (χ1v) is 8.89. The third-order valence-corrected chi connectivity index (χ3v) is 4.59. The number of methoxy groups -OCH3 is 2. The second-order valence-corrected chi connectivity index (χ2v) is 6.29. The summed E-state index contributed by atoms with van der Waals surface area (Å²) in [6.45, 7) is 4.30. The van der Waals surface area contributed by atoms with E-state index in [1.165, 1.54) is 14.2 Å². The number of amides is 2. The molecule has 2 amide bonds. The lowest BCUT2D eigenvalue weighted by atomic mass is 10.2. The molecule has 1 N–H and O–H groups in total. The van der Waals surface area contributed by atoms with Gasteiger partial charge in [0, 0.05) is 38.7 Å². The van der Waals surface area contributed by atoms with Gasteiger partial charge in [-0.1, -0.05) is 0 Å². The lowest BCUT2D eigenvalue weighted by Gasteiger charge is -2.34. The Hall–Kier alpha value is -3.36. The van der Waals surface area contributed by atoms with Gasteiger partial charge in [0.1, 0.15) is 0 Å². The topological polar surface area (TPSA) is 96.9 Å². The molecule has 0 radical (unpaired) electrons. The fraction of sp³-hybridized carbons (Fsp3) is 0.368. The summed E-state index contributed by atoms with van der Waals surface area (Å²) >= 11 is 0. The Kier molecular flexibility index (Phi) is 5.93. The molecule has 0 aliphatic carbocycles. The molecule has 9 heteroatoms. The van der Waals surface area contributed by atoms with E-state index in [4.69, 9.17) is 9.47 Å². The minimum atomic E-state index is -0.321. The number of carbonyl (C=O) groups excluding carboxylic acids is 2. The molecule has 0 bridgehead atoms. The van der Waals surface area contributed by atoms with Crippen molar-refractivity contribution in [3.63, 3.8) is 0 Å². The van der Waals surface area contributed by atoms with Crippen molar-refractivity contribution in [1.82, 2.24) is 15.1 Å². The second kappa shape index (κ2) is 8.55. The largest absolute Gasteiger partial charge is 0.493 e. The van der Waals surface area contributed by atoms with E-state index in [0.717, 1.165) is 0 Å². The average Bonchev–Trinajstić information content (AvgIpc) is 2.73. The van der Waals surface area contributed by atoms with Crippen LogP contribution in [0.4, 0.5) is 11.6 Å². The van der Waals surface area contributed by atoms with Crippen LogP contribution >= 0.6 is 0 Å². The van der Waals surface area contributed by atoms with Crippen molar-refractivity contribution >= 4 is 23.5 Å². The molecule has 1 aliphatic heterocycles. The van der Waals surface area contributed by atoms with Crippen LogP contribution in [-0.4, -0.2) is 67.3 Å². The van der Waals surface area contributed by atoms with Gasteiger partial charge < -0.3 is 24.6 Å². The van der Waals surface area contributed by atoms with E-state index >= 15 is 0 Å². The van der Waals surface area contributed by atoms with Crippen LogP contribution in [0.15, 0.2) is 30.3 Å². The highest BCUT2D eigenvalue weighted by Gasteiger charge is 2.20. The van der Waals surface area contributed by atoms with Crippen molar-refractivity contribution in [3.8, 4) is 11.5 Å². The highest BCUT2D eigenvalue weighted by Crippen LogP contribution is 2.27. The first kappa shape index (κ1) is 19.4. The number of benzene rings is 1. The van der Waals surface area contributed by atoms with Gasteiger partial charge in [-0.2, -0.15) is 0 Å². The van der Waals surface area contributed by atoms with Gasteiger partial charge in [0.25, 0.3) is 5.91 Å². The van der Waals surface area contributed by atoms with Crippen LogP contribution in [0.5, 0.6) is 11.5 Å². The van der Waals surface area contributed by atoms with Crippen LogP contribution in [0, 0.1) is 0 Å². The van der Waals surface area contributed by atoms with Crippen LogP contribution in [0.25, 0.3) is 0 Å². The Labute approximate surface area is 163 Å². The molecule has 28 heavy (non-hydrogen) atoms. The molecule has 0 unspecified atom stereocenters. The maximum absolute atomic E-state index is 12.4. The summed E-state index contributed by atoms with van der Waals surface area (Å²) in [6.07, 6.45) is 0. The molecule has 9 nitrogen and oxygen atoms in total. The zero-order valence-electron chi connectivity index (χ0n) is 16.1. The van der Waals surface area contributed by atoms with Crippen molar-refractivity contribution in [1.29, 1.82) is 0 Å². The second-order valence-electron chi connectivity index (χ2n) is 6.29. The van der Waals surface area contributed by atoms with Gasteiger partial charge in [-0.25, -0.2) is 0 Å². The smallest absolute Gasteiger partial charge is 0.257 e. The number of carbonyl (C=O) groups is 2. The SMILES string of the molecule is COc1ccc(C(=O)Nc2ccc(N3CCN(C(C)=O)CC3)nn2)cc1OC. The standard InChI is InChI=1S/C19H23N5O4/c1-13(25)23-8-10-24(11-9-23)18-7-6-17(21-22-18)20-19(26)14-4-5-15(27-2)16(12-14)28-3/h4-7,12H,8-11H2,1-3H3,(H,20,21,26). The Morgan fingerprint density at radius 3 is 2.25 bits per heavy atom. The third kappa shape index (κ3) is 4.30. The van der Waals surface area contributed by atoms with Crippen molar-refractivity contribution in [2.45, 2.75) is 6.92 Å². The number of anilines is 2. The zero-order chi connectivity index (χ0) is 20.1. The number of ether oxygens (including phenoxy) is 2. The first-order valence-electron chi connectivity index (χ1n) is 8.89. The summed E-state index contributed by atoms with van der Waals surface area (Å²) in [5.41, 5.74) is 0.420. The molecule has 1 fully saturated rings. The van der Waals surface area contributed by atoms with Crippen molar-refractivity contribution in [2.24, 2.45) is 0 Å². The first-order chi connectivity index (χ1) is 13.5. The summed E-state index contributed by atoms with van der Waals surface area (Å²) < 4.78 is 10.4. The molecule has 0 atom stereocenters. The summed E-state index contributed by atoms with van der Waals surface area (Å²) in [6, 6.07) is 8.43.